The fraction of sp³-hybridized carbons (Fsp3) is 0.727. The minimum Gasteiger partial charge on any atom is -0.346 e. The second-order valence-electron chi connectivity index (χ2n) is 8.23. The third-order valence-electron chi connectivity index (χ3n) is 5.66. The van der Waals surface area contributed by atoms with Crippen molar-refractivity contribution in [3.8, 4) is 0 Å². The molecule has 0 amide bonds. The van der Waals surface area contributed by atoms with Crippen molar-refractivity contribution in [2.24, 2.45) is 0 Å². The number of nitrogens with one attached hydrogen (secondary N) is 8. The maximum Gasteiger partial charge on any atom is 0.0695 e. The Bertz CT molecular complexity index is 506. The molecule has 3 rings (SSSR count). The predicted octanol–water partition coefficient (Wildman–Crippen LogP) is -2.13. The minimum absolute atomic E-state index is 0.828. The number of nitrogens with zero attached hydrogens (tertiary/aromatic N) is 2. The van der Waals surface area contributed by atoms with E-state index in [1.54, 1.807) is 0 Å². The molecular formula is C22H44N10. The first kappa shape index (κ1) is 25.1. The molecule has 0 bridgehead atoms. The molecule has 0 atom stereocenters. The van der Waals surface area contributed by atoms with Gasteiger partial charge in [0.2, 0.25) is 0 Å². The first-order valence-corrected chi connectivity index (χ1v) is 12.2. The third-order valence-corrected chi connectivity index (χ3v) is 5.66. The maximum absolute atomic E-state index is 3.56. The van der Waals surface area contributed by atoms with Crippen molar-refractivity contribution in [3.05, 3.63) is 24.3 Å². The fourth-order valence-corrected chi connectivity index (χ4v) is 3.77. The van der Waals surface area contributed by atoms with E-state index >= 15 is 0 Å². The Morgan fingerprint density at radius 1 is 0.344 bits per heavy atom. The van der Waals surface area contributed by atoms with Crippen LogP contribution in [-0.4, -0.2) is 105 Å². The van der Waals surface area contributed by atoms with Crippen LogP contribution in [-0.2, 0) is 0 Å². The summed E-state index contributed by atoms with van der Waals surface area (Å²) >= 11 is 0. The topological polar surface area (TPSA) is 103 Å². The molecule has 0 saturated carbocycles. The lowest BCUT2D eigenvalue weighted by Gasteiger charge is -2.28. The second-order valence-corrected chi connectivity index (χ2v) is 8.23. The smallest absolute Gasteiger partial charge is 0.0695 e. The van der Waals surface area contributed by atoms with E-state index < -0.39 is 0 Å². The highest BCUT2D eigenvalue weighted by Gasteiger charge is 2.10. The minimum atomic E-state index is 0.828. The molecule has 182 valence electrons. The number of rotatable bonds is 2. The summed E-state index contributed by atoms with van der Waals surface area (Å²) in [7, 11) is 0. The van der Waals surface area contributed by atoms with Crippen molar-refractivity contribution < 1.29 is 0 Å². The van der Waals surface area contributed by atoms with Gasteiger partial charge in [0.1, 0.15) is 0 Å². The summed E-state index contributed by atoms with van der Waals surface area (Å²) in [5, 5.41) is 28.1. The molecule has 1 aromatic carbocycles. The van der Waals surface area contributed by atoms with Gasteiger partial charge >= 0.3 is 0 Å². The van der Waals surface area contributed by atoms with Crippen molar-refractivity contribution >= 4 is 11.4 Å². The highest BCUT2D eigenvalue weighted by atomic mass is 15.3. The lowest BCUT2D eigenvalue weighted by molar-refractivity contribution is 0.582. The summed E-state index contributed by atoms with van der Waals surface area (Å²) < 4.78 is 0. The quantitative estimate of drug-likeness (QED) is 0.256. The summed E-state index contributed by atoms with van der Waals surface area (Å²) in [6.45, 7) is 15.2. The van der Waals surface area contributed by atoms with Gasteiger partial charge in [0.25, 0.3) is 0 Å². The molecule has 8 N–H and O–H groups in total. The molecule has 2 heterocycles. The van der Waals surface area contributed by atoms with Crippen LogP contribution < -0.4 is 52.3 Å². The van der Waals surface area contributed by atoms with E-state index in [2.05, 4.69) is 76.6 Å². The van der Waals surface area contributed by atoms with Gasteiger partial charge in [-0.25, -0.2) is 0 Å². The van der Waals surface area contributed by atoms with Gasteiger partial charge in [-0.15, -0.1) is 0 Å². The molecule has 2 aliphatic heterocycles. The van der Waals surface area contributed by atoms with E-state index in [9.17, 15) is 0 Å². The van der Waals surface area contributed by atoms with Gasteiger partial charge in [0, 0.05) is 89.9 Å². The number of benzene rings is 1. The van der Waals surface area contributed by atoms with Gasteiger partial charge in [-0.1, -0.05) is 0 Å². The Hall–Kier alpha value is -1.50. The van der Waals surface area contributed by atoms with Crippen LogP contribution in [0.3, 0.4) is 0 Å². The monoisotopic (exact) mass is 448 g/mol. The third kappa shape index (κ3) is 9.97. The second kappa shape index (κ2) is 16.2. The molecular weight excluding hydrogens is 404 g/mol. The van der Waals surface area contributed by atoms with Crippen LogP contribution in [0.15, 0.2) is 24.3 Å². The standard InChI is InChI=1S/C22H44N10/c1-2-22(32-19-29-15-11-25-7-8-26-12-16-30-20-32)4-3-21(1)31-17-27-13-9-23-5-6-24-10-14-28-18-31/h1-4,23-30H,5-20H2. The average Bonchev–Trinajstić information content (AvgIpc) is 2.87. The predicted molar refractivity (Wildman–Crippen MR) is 134 cm³/mol. The molecule has 0 spiro atoms. The molecule has 32 heavy (non-hydrogen) atoms. The zero-order chi connectivity index (χ0) is 22.1. The summed E-state index contributed by atoms with van der Waals surface area (Å²) in [5.41, 5.74) is 2.45. The zero-order valence-corrected chi connectivity index (χ0v) is 19.5. The normalized spacial score (nSPS) is 22.4. The molecule has 1 aromatic rings. The summed E-state index contributed by atoms with van der Waals surface area (Å²) in [4.78, 5) is 4.71. The van der Waals surface area contributed by atoms with Crippen LogP contribution >= 0.6 is 0 Å². The Kier molecular flexibility index (Phi) is 12.7. The summed E-state index contributed by atoms with van der Waals surface area (Å²) in [6.07, 6.45) is 0. The van der Waals surface area contributed by atoms with Crippen molar-refractivity contribution in [2.75, 3.05) is 115 Å². The van der Waals surface area contributed by atoms with Gasteiger partial charge in [-0.3, -0.25) is 21.3 Å². The van der Waals surface area contributed by atoms with Crippen molar-refractivity contribution in [3.63, 3.8) is 0 Å². The van der Waals surface area contributed by atoms with Crippen LogP contribution in [0, 0.1) is 0 Å². The molecule has 10 heteroatoms. The van der Waals surface area contributed by atoms with Crippen LogP contribution in [0.4, 0.5) is 11.4 Å². The van der Waals surface area contributed by atoms with Crippen molar-refractivity contribution in [1.82, 2.24) is 42.5 Å². The SMILES string of the molecule is c1cc(N2CNCCNCCNCCNC2)ccc1N1CNCCNCCNCCNC1. The van der Waals surface area contributed by atoms with E-state index in [1.807, 2.05) is 0 Å². The number of anilines is 2. The molecule has 0 unspecified atom stereocenters. The highest BCUT2D eigenvalue weighted by molar-refractivity contribution is 5.56. The van der Waals surface area contributed by atoms with Gasteiger partial charge in [0.15, 0.2) is 0 Å². The van der Waals surface area contributed by atoms with Crippen LogP contribution in [0.1, 0.15) is 0 Å². The Labute approximate surface area is 193 Å². The molecule has 2 fully saturated rings. The van der Waals surface area contributed by atoms with E-state index in [1.165, 1.54) is 11.4 Å². The fourth-order valence-electron chi connectivity index (χ4n) is 3.77. The van der Waals surface area contributed by atoms with Gasteiger partial charge in [-0.2, -0.15) is 0 Å². The Balaban J connectivity index is 1.56. The van der Waals surface area contributed by atoms with Gasteiger partial charge in [0.05, 0.1) is 26.7 Å². The zero-order valence-electron chi connectivity index (χ0n) is 19.5. The lowest BCUT2D eigenvalue weighted by atomic mass is 10.2. The maximum atomic E-state index is 3.56. The van der Waals surface area contributed by atoms with E-state index in [0.29, 0.717) is 0 Å². The van der Waals surface area contributed by atoms with E-state index in [-0.39, 0.29) is 0 Å². The van der Waals surface area contributed by atoms with E-state index in [0.717, 1.165) is 105 Å². The first-order valence-electron chi connectivity index (χ1n) is 12.2. The molecule has 10 nitrogen and oxygen atoms in total. The van der Waals surface area contributed by atoms with Crippen LogP contribution in [0.25, 0.3) is 0 Å². The van der Waals surface area contributed by atoms with Gasteiger partial charge in [-0.05, 0) is 24.3 Å². The number of hydrogen-bond donors (Lipinski definition) is 8. The molecule has 2 saturated heterocycles. The lowest BCUT2D eigenvalue weighted by Crippen LogP contribution is -2.43. The van der Waals surface area contributed by atoms with E-state index in [4.69, 9.17) is 0 Å². The van der Waals surface area contributed by atoms with Crippen LogP contribution in [0.5, 0.6) is 0 Å². The van der Waals surface area contributed by atoms with Crippen molar-refractivity contribution in [1.29, 1.82) is 0 Å². The summed E-state index contributed by atoms with van der Waals surface area (Å²) in [5.74, 6) is 0. The Morgan fingerprint density at radius 2 is 0.562 bits per heavy atom. The van der Waals surface area contributed by atoms with Crippen molar-refractivity contribution in [2.45, 2.75) is 0 Å². The summed E-state index contributed by atoms with van der Waals surface area (Å²) in [6, 6.07) is 8.93. The van der Waals surface area contributed by atoms with Crippen LogP contribution in [0.2, 0.25) is 0 Å². The molecule has 0 radical (unpaired) electrons. The molecule has 0 aromatic heterocycles. The molecule has 0 aliphatic carbocycles. The molecule has 2 aliphatic rings. The number of hydrogen-bond acceptors (Lipinski definition) is 10. The average molecular weight is 449 g/mol. The largest absolute Gasteiger partial charge is 0.346 e. The Morgan fingerprint density at radius 3 is 0.812 bits per heavy atom. The van der Waals surface area contributed by atoms with Gasteiger partial charge < -0.3 is 31.1 Å². The highest BCUT2D eigenvalue weighted by Crippen LogP contribution is 2.20. The first-order chi connectivity index (χ1) is 15.9.